The van der Waals surface area contributed by atoms with Crippen molar-refractivity contribution in [3.8, 4) is 0 Å². The smallest absolute Gasteiger partial charge is 0.261 e. The van der Waals surface area contributed by atoms with Crippen LogP contribution in [0.1, 0.15) is 24.2 Å². The maximum Gasteiger partial charge on any atom is 0.261 e. The third-order valence-electron chi connectivity index (χ3n) is 5.51. The lowest BCUT2D eigenvalue weighted by molar-refractivity contribution is 0.102. The van der Waals surface area contributed by atoms with Crippen LogP contribution >= 0.6 is 35.0 Å². The van der Waals surface area contributed by atoms with Crippen LogP contribution in [0, 0.1) is 0 Å². The van der Waals surface area contributed by atoms with Crippen molar-refractivity contribution < 1.29 is 18.3 Å². The standard InChI is InChI=1S/C26H29Cl2N3O4S2/c1-3-31(4-2)16-21(32)17-36-22-10-8-20(9-11-22)29-26(33)24-15-19(28)7-14-25(24)30-37(34,35)23-12-5-18(27)6-13-23/h5-15,21,30,32H,3-4,16-17H2,1-2H3,(H,29,33). The van der Waals surface area contributed by atoms with Crippen molar-refractivity contribution in [2.45, 2.75) is 29.7 Å². The molecule has 0 aliphatic carbocycles. The molecule has 3 N–H and O–H groups in total. The van der Waals surface area contributed by atoms with E-state index in [1.54, 1.807) is 12.1 Å². The lowest BCUT2D eigenvalue weighted by atomic mass is 10.1. The quantitative estimate of drug-likeness (QED) is 0.232. The number of hydrogen-bond acceptors (Lipinski definition) is 6. The lowest BCUT2D eigenvalue weighted by Crippen LogP contribution is -2.33. The minimum atomic E-state index is -3.96. The third kappa shape index (κ3) is 8.63. The largest absolute Gasteiger partial charge is 0.391 e. The Morgan fingerprint density at radius 3 is 2.22 bits per heavy atom. The molecule has 198 valence electrons. The van der Waals surface area contributed by atoms with Crippen molar-refractivity contribution in [2.75, 3.05) is 35.4 Å². The predicted molar refractivity (Wildman–Crippen MR) is 153 cm³/mol. The van der Waals surface area contributed by atoms with E-state index in [9.17, 15) is 18.3 Å². The number of rotatable bonds is 12. The number of halogens is 2. The van der Waals surface area contributed by atoms with E-state index in [-0.39, 0.29) is 21.2 Å². The van der Waals surface area contributed by atoms with Gasteiger partial charge in [-0.25, -0.2) is 8.42 Å². The average molecular weight is 583 g/mol. The van der Waals surface area contributed by atoms with E-state index in [0.717, 1.165) is 18.0 Å². The van der Waals surface area contributed by atoms with Crippen LogP contribution in [0.2, 0.25) is 10.0 Å². The maximum absolute atomic E-state index is 13.0. The van der Waals surface area contributed by atoms with Gasteiger partial charge in [0.1, 0.15) is 0 Å². The zero-order valence-corrected chi connectivity index (χ0v) is 23.6. The summed E-state index contributed by atoms with van der Waals surface area (Å²) in [6.45, 7) is 6.54. The molecule has 1 unspecified atom stereocenters. The normalized spacial score (nSPS) is 12.4. The molecule has 0 bridgehead atoms. The van der Waals surface area contributed by atoms with Crippen molar-refractivity contribution in [3.05, 3.63) is 82.3 Å². The number of likely N-dealkylation sites (N-methyl/N-ethyl adjacent to an activating group) is 1. The zero-order valence-electron chi connectivity index (χ0n) is 20.4. The molecule has 0 heterocycles. The van der Waals surface area contributed by atoms with E-state index < -0.39 is 22.0 Å². The van der Waals surface area contributed by atoms with Crippen molar-refractivity contribution in [3.63, 3.8) is 0 Å². The number of carbonyl (C=O) groups is 1. The molecule has 0 spiro atoms. The highest BCUT2D eigenvalue weighted by Crippen LogP contribution is 2.26. The number of hydrogen-bond donors (Lipinski definition) is 3. The summed E-state index contributed by atoms with van der Waals surface area (Å²) in [5, 5.41) is 13.7. The fourth-order valence-corrected chi connectivity index (χ4v) is 5.67. The van der Waals surface area contributed by atoms with Gasteiger partial charge in [0.2, 0.25) is 0 Å². The second-order valence-corrected chi connectivity index (χ2v) is 11.8. The summed E-state index contributed by atoms with van der Waals surface area (Å²) in [7, 11) is -3.96. The number of benzene rings is 3. The first-order valence-corrected chi connectivity index (χ1v) is 14.9. The van der Waals surface area contributed by atoms with Crippen molar-refractivity contribution in [1.82, 2.24) is 4.90 Å². The Bertz CT molecular complexity index is 1300. The SMILES string of the molecule is CCN(CC)CC(O)CSc1ccc(NC(=O)c2cc(Cl)ccc2NS(=O)(=O)c2ccc(Cl)cc2)cc1. The molecule has 3 rings (SSSR count). The van der Waals surface area contributed by atoms with Crippen LogP contribution in [0.4, 0.5) is 11.4 Å². The van der Waals surface area contributed by atoms with Gasteiger partial charge in [-0.3, -0.25) is 9.52 Å². The lowest BCUT2D eigenvalue weighted by Gasteiger charge is -2.21. The number of carbonyl (C=O) groups excluding carboxylic acids is 1. The predicted octanol–water partition coefficient (Wildman–Crippen LogP) is 5.84. The molecule has 0 aliphatic rings. The number of nitrogens with zero attached hydrogens (tertiary/aromatic N) is 1. The second-order valence-electron chi connectivity index (χ2n) is 8.18. The molecule has 0 aliphatic heterocycles. The minimum absolute atomic E-state index is 0.00788. The minimum Gasteiger partial charge on any atom is -0.391 e. The number of anilines is 2. The average Bonchev–Trinajstić information content (AvgIpc) is 2.88. The molecule has 3 aromatic rings. The molecular formula is C26H29Cl2N3O4S2. The molecular weight excluding hydrogens is 553 g/mol. The molecule has 0 saturated heterocycles. The number of sulfonamides is 1. The maximum atomic E-state index is 13.0. The molecule has 37 heavy (non-hydrogen) atoms. The highest BCUT2D eigenvalue weighted by molar-refractivity contribution is 7.99. The number of aliphatic hydroxyl groups excluding tert-OH is 1. The van der Waals surface area contributed by atoms with Gasteiger partial charge in [0.05, 0.1) is 22.3 Å². The molecule has 11 heteroatoms. The van der Waals surface area contributed by atoms with Crippen LogP contribution in [0.15, 0.2) is 76.5 Å². The highest BCUT2D eigenvalue weighted by atomic mass is 35.5. The van der Waals surface area contributed by atoms with Crippen molar-refractivity contribution in [1.29, 1.82) is 0 Å². The molecule has 3 aromatic carbocycles. The zero-order chi connectivity index (χ0) is 27.0. The molecule has 7 nitrogen and oxygen atoms in total. The first kappa shape index (κ1) is 29.3. The summed E-state index contributed by atoms with van der Waals surface area (Å²) in [5.74, 6) is 0.0355. The number of thioether (sulfide) groups is 1. The van der Waals surface area contributed by atoms with Gasteiger partial charge in [-0.05, 0) is 79.8 Å². The summed E-state index contributed by atoms with van der Waals surface area (Å²) >= 11 is 13.5. The van der Waals surface area contributed by atoms with Gasteiger partial charge in [0.25, 0.3) is 15.9 Å². The number of aliphatic hydroxyl groups is 1. The third-order valence-corrected chi connectivity index (χ3v) is 8.54. The Morgan fingerprint density at radius 1 is 0.973 bits per heavy atom. The Morgan fingerprint density at radius 2 is 1.59 bits per heavy atom. The second kappa shape index (κ2) is 13.5. The molecule has 1 atom stereocenters. The van der Waals surface area contributed by atoms with E-state index >= 15 is 0 Å². The van der Waals surface area contributed by atoms with Crippen LogP contribution in [0.3, 0.4) is 0 Å². The molecule has 1 amide bonds. The number of nitrogens with one attached hydrogen (secondary N) is 2. The fourth-order valence-electron chi connectivity index (χ4n) is 3.47. The van der Waals surface area contributed by atoms with Crippen LogP contribution < -0.4 is 10.0 Å². The summed E-state index contributed by atoms with van der Waals surface area (Å²) in [6, 6.07) is 17.2. The van der Waals surface area contributed by atoms with Crippen molar-refractivity contribution >= 4 is 62.3 Å². The summed E-state index contributed by atoms with van der Waals surface area (Å²) in [4.78, 5) is 16.2. The van der Waals surface area contributed by atoms with E-state index in [2.05, 4.69) is 28.8 Å². The van der Waals surface area contributed by atoms with E-state index in [1.807, 2.05) is 12.1 Å². The van der Waals surface area contributed by atoms with Gasteiger partial charge in [0.15, 0.2) is 0 Å². The van der Waals surface area contributed by atoms with Gasteiger partial charge < -0.3 is 15.3 Å². The first-order valence-electron chi connectivity index (χ1n) is 11.6. The van der Waals surface area contributed by atoms with Crippen molar-refractivity contribution in [2.24, 2.45) is 0 Å². The Balaban J connectivity index is 1.67. The fraction of sp³-hybridized carbons (Fsp3) is 0.269. The van der Waals surface area contributed by atoms with E-state index in [1.165, 1.54) is 54.2 Å². The first-order chi connectivity index (χ1) is 17.6. The molecule has 0 radical (unpaired) electrons. The Kier molecular flexibility index (Phi) is 10.7. The van der Waals surface area contributed by atoms with Gasteiger partial charge in [0, 0.05) is 32.9 Å². The van der Waals surface area contributed by atoms with E-state index in [4.69, 9.17) is 23.2 Å². The van der Waals surface area contributed by atoms with Crippen LogP contribution in [-0.2, 0) is 10.0 Å². The topological polar surface area (TPSA) is 98.7 Å². The van der Waals surface area contributed by atoms with Crippen LogP contribution in [0.25, 0.3) is 0 Å². The van der Waals surface area contributed by atoms with Crippen LogP contribution in [0.5, 0.6) is 0 Å². The summed E-state index contributed by atoms with van der Waals surface area (Å²) in [6.07, 6.45) is -0.442. The van der Waals surface area contributed by atoms with Gasteiger partial charge >= 0.3 is 0 Å². The molecule has 0 fully saturated rings. The van der Waals surface area contributed by atoms with Gasteiger partial charge in [-0.1, -0.05) is 37.0 Å². The van der Waals surface area contributed by atoms with Crippen LogP contribution in [-0.4, -0.2) is 55.8 Å². The Labute approximate surface area is 232 Å². The van der Waals surface area contributed by atoms with E-state index in [0.29, 0.717) is 23.0 Å². The van der Waals surface area contributed by atoms with Gasteiger partial charge in [-0.2, -0.15) is 0 Å². The Hall–Kier alpha value is -2.27. The summed E-state index contributed by atoms with van der Waals surface area (Å²) < 4.78 is 28.1. The highest BCUT2D eigenvalue weighted by Gasteiger charge is 2.20. The monoisotopic (exact) mass is 581 g/mol. The van der Waals surface area contributed by atoms with Gasteiger partial charge in [-0.15, -0.1) is 11.8 Å². The molecule has 0 saturated carbocycles. The summed E-state index contributed by atoms with van der Waals surface area (Å²) in [5.41, 5.74) is 0.693. The number of amides is 1. The molecule has 0 aromatic heterocycles.